The number of halogens is 1. The van der Waals surface area contributed by atoms with Crippen LogP contribution in [-0.2, 0) is 6.42 Å². The molecule has 1 atom stereocenters. The van der Waals surface area contributed by atoms with Crippen LogP contribution in [0.2, 0.25) is 4.34 Å². The highest BCUT2D eigenvalue weighted by molar-refractivity contribution is 7.16. The standard InChI is InChI=1S/C14H21ClN2S/c15-14-10-11-12(4-5-13(11)18-14)16-6-3-9-17-7-1-2-8-17/h10,12,16H,1-9H2. The van der Waals surface area contributed by atoms with Crippen molar-refractivity contribution < 1.29 is 0 Å². The van der Waals surface area contributed by atoms with Gasteiger partial charge >= 0.3 is 0 Å². The number of rotatable bonds is 5. The minimum absolute atomic E-state index is 0.558. The first-order valence-electron chi connectivity index (χ1n) is 7.07. The Morgan fingerprint density at radius 3 is 3.06 bits per heavy atom. The van der Waals surface area contributed by atoms with E-state index >= 15 is 0 Å². The molecule has 1 aliphatic carbocycles. The molecule has 0 radical (unpaired) electrons. The Kier molecular flexibility index (Phi) is 4.24. The van der Waals surface area contributed by atoms with Crippen molar-refractivity contribution in [3.05, 3.63) is 20.8 Å². The lowest BCUT2D eigenvalue weighted by atomic mass is 10.2. The van der Waals surface area contributed by atoms with E-state index in [1.165, 1.54) is 62.2 Å². The molecule has 2 aliphatic rings. The summed E-state index contributed by atoms with van der Waals surface area (Å²) in [6.45, 7) is 5.02. The van der Waals surface area contributed by atoms with Crippen LogP contribution in [0.25, 0.3) is 0 Å². The molecule has 0 saturated carbocycles. The molecular formula is C14H21ClN2S. The van der Waals surface area contributed by atoms with Gasteiger partial charge in [0.05, 0.1) is 4.34 Å². The van der Waals surface area contributed by atoms with E-state index in [1.807, 2.05) is 0 Å². The second-order valence-electron chi connectivity index (χ2n) is 5.38. The number of hydrogen-bond acceptors (Lipinski definition) is 3. The largest absolute Gasteiger partial charge is 0.310 e. The molecule has 18 heavy (non-hydrogen) atoms. The molecule has 0 bridgehead atoms. The van der Waals surface area contributed by atoms with E-state index in [0.717, 1.165) is 10.9 Å². The molecule has 1 N–H and O–H groups in total. The summed E-state index contributed by atoms with van der Waals surface area (Å²) in [5, 5.41) is 3.70. The van der Waals surface area contributed by atoms with Gasteiger partial charge in [-0.25, -0.2) is 0 Å². The maximum absolute atomic E-state index is 6.08. The molecule has 3 rings (SSSR count). The number of aryl methyl sites for hydroxylation is 1. The zero-order valence-electron chi connectivity index (χ0n) is 10.8. The van der Waals surface area contributed by atoms with Crippen molar-refractivity contribution >= 4 is 22.9 Å². The molecule has 1 fully saturated rings. The lowest BCUT2D eigenvalue weighted by Gasteiger charge is -2.16. The highest BCUT2D eigenvalue weighted by Crippen LogP contribution is 2.39. The highest BCUT2D eigenvalue weighted by Gasteiger charge is 2.24. The van der Waals surface area contributed by atoms with Crippen molar-refractivity contribution in [3.63, 3.8) is 0 Å². The Morgan fingerprint density at radius 1 is 1.39 bits per heavy atom. The van der Waals surface area contributed by atoms with Gasteiger partial charge in [0.15, 0.2) is 0 Å². The molecule has 2 nitrogen and oxygen atoms in total. The zero-order valence-corrected chi connectivity index (χ0v) is 12.3. The minimum atomic E-state index is 0.558. The predicted octanol–water partition coefficient (Wildman–Crippen LogP) is 3.46. The van der Waals surface area contributed by atoms with Crippen LogP contribution in [0.15, 0.2) is 6.07 Å². The van der Waals surface area contributed by atoms with Crippen molar-refractivity contribution in [2.24, 2.45) is 0 Å². The molecule has 4 heteroatoms. The number of nitrogens with one attached hydrogen (secondary N) is 1. The summed E-state index contributed by atoms with van der Waals surface area (Å²) < 4.78 is 0.948. The van der Waals surface area contributed by atoms with Crippen molar-refractivity contribution in [2.45, 2.75) is 38.1 Å². The van der Waals surface area contributed by atoms with Gasteiger partial charge in [-0.05, 0) is 69.9 Å². The van der Waals surface area contributed by atoms with E-state index in [1.54, 1.807) is 11.3 Å². The van der Waals surface area contributed by atoms with E-state index in [-0.39, 0.29) is 0 Å². The quantitative estimate of drug-likeness (QED) is 0.833. The maximum atomic E-state index is 6.08. The Labute approximate surface area is 118 Å². The summed E-state index contributed by atoms with van der Waals surface area (Å²) >= 11 is 7.83. The molecule has 2 heterocycles. The van der Waals surface area contributed by atoms with Crippen molar-refractivity contribution in [1.29, 1.82) is 0 Å². The molecule has 1 aromatic rings. The zero-order chi connectivity index (χ0) is 12.4. The Balaban J connectivity index is 1.41. The van der Waals surface area contributed by atoms with Crippen molar-refractivity contribution in [2.75, 3.05) is 26.2 Å². The van der Waals surface area contributed by atoms with Crippen LogP contribution in [-0.4, -0.2) is 31.1 Å². The smallest absolute Gasteiger partial charge is 0.0934 e. The summed E-state index contributed by atoms with van der Waals surface area (Å²) in [4.78, 5) is 4.08. The Hall–Kier alpha value is -0.0900. The lowest BCUT2D eigenvalue weighted by molar-refractivity contribution is 0.327. The molecule has 1 unspecified atom stereocenters. The summed E-state index contributed by atoms with van der Waals surface area (Å²) in [6.07, 6.45) is 6.52. The molecule has 0 spiro atoms. The second kappa shape index (κ2) is 5.91. The van der Waals surface area contributed by atoms with E-state index in [2.05, 4.69) is 16.3 Å². The Morgan fingerprint density at radius 2 is 2.22 bits per heavy atom. The van der Waals surface area contributed by atoms with Crippen LogP contribution in [0, 0.1) is 0 Å². The average Bonchev–Trinajstić information content (AvgIpc) is 3.02. The van der Waals surface area contributed by atoms with Gasteiger partial charge in [0.1, 0.15) is 0 Å². The Bertz CT molecular complexity index is 398. The van der Waals surface area contributed by atoms with Gasteiger partial charge < -0.3 is 10.2 Å². The summed E-state index contributed by atoms with van der Waals surface area (Å²) in [6, 6.07) is 2.72. The third-order valence-electron chi connectivity index (χ3n) is 4.09. The normalized spacial score (nSPS) is 23.7. The first-order chi connectivity index (χ1) is 8.83. The van der Waals surface area contributed by atoms with Crippen LogP contribution in [0.1, 0.15) is 42.2 Å². The number of likely N-dealkylation sites (tertiary alicyclic amines) is 1. The third-order valence-corrected chi connectivity index (χ3v) is 5.43. The van der Waals surface area contributed by atoms with Gasteiger partial charge in [-0.2, -0.15) is 0 Å². The highest BCUT2D eigenvalue weighted by atomic mass is 35.5. The number of nitrogens with zero attached hydrogens (tertiary/aromatic N) is 1. The van der Waals surface area contributed by atoms with Gasteiger partial charge in [0.25, 0.3) is 0 Å². The molecule has 100 valence electrons. The van der Waals surface area contributed by atoms with Crippen LogP contribution in [0.3, 0.4) is 0 Å². The average molecular weight is 285 g/mol. The molecule has 1 aromatic heterocycles. The van der Waals surface area contributed by atoms with E-state index in [4.69, 9.17) is 11.6 Å². The van der Waals surface area contributed by atoms with E-state index in [9.17, 15) is 0 Å². The first-order valence-corrected chi connectivity index (χ1v) is 8.26. The number of fused-ring (bicyclic) bond motifs is 1. The van der Waals surface area contributed by atoms with Crippen LogP contribution >= 0.6 is 22.9 Å². The molecule has 1 aliphatic heterocycles. The van der Waals surface area contributed by atoms with Gasteiger partial charge in [0.2, 0.25) is 0 Å². The maximum Gasteiger partial charge on any atom is 0.0934 e. The topological polar surface area (TPSA) is 15.3 Å². The van der Waals surface area contributed by atoms with Crippen LogP contribution in [0.4, 0.5) is 0 Å². The fraction of sp³-hybridized carbons (Fsp3) is 0.714. The molecule has 1 saturated heterocycles. The van der Waals surface area contributed by atoms with Crippen molar-refractivity contribution in [1.82, 2.24) is 10.2 Å². The monoisotopic (exact) mass is 284 g/mol. The van der Waals surface area contributed by atoms with Gasteiger partial charge in [0, 0.05) is 10.9 Å². The van der Waals surface area contributed by atoms with E-state index < -0.39 is 0 Å². The second-order valence-corrected chi connectivity index (χ2v) is 7.14. The summed E-state index contributed by atoms with van der Waals surface area (Å²) in [5.74, 6) is 0. The third kappa shape index (κ3) is 2.90. The number of thiophene rings is 1. The molecule has 0 aromatic carbocycles. The lowest BCUT2D eigenvalue weighted by Crippen LogP contribution is -2.26. The van der Waals surface area contributed by atoms with Crippen molar-refractivity contribution in [3.8, 4) is 0 Å². The number of hydrogen-bond donors (Lipinski definition) is 1. The summed E-state index contributed by atoms with van der Waals surface area (Å²) in [5.41, 5.74) is 1.46. The van der Waals surface area contributed by atoms with Gasteiger partial charge in [-0.1, -0.05) is 11.6 Å². The predicted molar refractivity (Wildman–Crippen MR) is 78.7 cm³/mol. The van der Waals surface area contributed by atoms with Crippen LogP contribution < -0.4 is 5.32 Å². The fourth-order valence-electron chi connectivity index (χ4n) is 3.13. The molecular weight excluding hydrogens is 264 g/mol. The fourth-order valence-corrected chi connectivity index (χ4v) is 4.48. The summed E-state index contributed by atoms with van der Waals surface area (Å²) in [7, 11) is 0. The molecule has 0 amide bonds. The van der Waals surface area contributed by atoms with E-state index in [0.29, 0.717) is 6.04 Å². The van der Waals surface area contributed by atoms with Gasteiger partial charge in [-0.3, -0.25) is 0 Å². The first kappa shape index (κ1) is 12.9. The van der Waals surface area contributed by atoms with Gasteiger partial charge in [-0.15, -0.1) is 11.3 Å². The SMILES string of the molecule is Clc1cc2c(s1)CCC2NCCCN1CCCC1. The minimum Gasteiger partial charge on any atom is -0.310 e. The van der Waals surface area contributed by atoms with Crippen LogP contribution in [0.5, 0.6) is 0 Å².